The molecule has 3 heteroatoms. The van der Waals surface area contributed by atoms with E-state index in [0.717, 1.165) is 39.7 Å². The second-order valence-electron chi connectivity index (χ2n) is 4.49. The summed E-state index contributed by atoms with van der Waals surface area (Å²) >= 11 is 6.05. The maximum Gasteiger partial charge on any atom is 0.0644 e. The van der Waals surface area contributed by atoms with Gasteiger partial charge in [0.05, 0.1) is 5.69 Å². The van der Waals surface area contributed by atoms with E-state index in [1.165, 1.54) is 0 Å². The molecule has 0 saturated heterocycles. The second kappa shape index (κ2) is 7.15. The number of nitrogens with zero attached hydrogens (tertiary/aromatic N) is 1. The summed E-state index contributed by atoms with van der Waals surface area (Å²) in [4.78, 5) is 4.26. The van der Waals surface area contributed by atoms with Crippen molar-refractivity contribution in [1.82, 2.24) is 4.98 Å². The predicted octanol–water partition coefficient (Wildman–Crippen LogP) is 5.27. The summed E-state index contributed by atoms with van der Waals surface area (Å²) in [6.07, 6.45) is 6.58. The van der Waals surface area contributed by atoms with Gasteiger partial charge in [-0.1, -0.05) is 25.1 Å². The molecule has 0 aliphatic carbocycles. The highest BCUT2D eigenvalue weighted by Gasteiger charge is 2.02. The van der Waals surface area contributed by atoms with Gasteiger partial charge in [0.2, 0.25) is 0 Å². The van der Waals surface area contributed by atoms with E-state index in [0.29, 0.717) is 0 Å². The standard InChI is InChI=1S/C16H21ClN2/c1-6-14(13(5)17)8-12(4)19-16-9-15(7-2)18-10-11(16)3/h7-10H,2,6H2,1,3-5H3,(H,18,19)/b12-8-,14-13+. The Balaban J connectivity index is 2.99. The lowest BCUT2D eigenvalue weighted by molar-refractivity contribution is 1.12. The molecule has 19 heavy (non-hydrogen) atoms. The lowest BCUT2D eigenvalue weighted by atomic mass is 10.1. The van der Waals surface area contributed by atoms with E-state index in [1.807, 2.05) is 33.0 Å². The van der Waals surface area contributed by atoms with Crippen LogP contribution in [0.2, 0.25) is 0 Å². The van der Waals surface area contributed by atoms with Crippen LogP contribution in [-0.2, 0) is 0 Å². The fourth-order valence-corrected chi connectivity index (χ4v) is 1.93. The number of hydrogen-bond donors (Lipinski definition) is 1. The summed E-state index contributed by atoms with van der Waals surface area (Å²) in [5.74, 6) is 0. The van der Waals surface area contributed by atoms with Gasteiger partial charge in [0.15, 0.2) is 0 Å². The molecule has 0 bridgehead atoms. The van der Waals surface area contributed by atoms with Gasteiger partial charge >= 0.3 is 0 Å². The Morgan fingerprint density at radius 3 is 2.68 bits per heavy atom. The van der Waals surface area contributed by atoms with Gasteiger partial charge in [0, 0.05) is 22.6 Å². The number of aromatic nitrogens is 1. The van der Waals surface area contributed by atoms with Gasteiger partial charge in [0.25, 0.3) is 0 Å². The minimum absolute atomic E-state index is 0.835. The van der Waals surface area contributed by atoms with Crippen molar-refractivity contribution >= 4 is 23.4 Å². The van der Waals surface area contributed by atoms with E-state index < -0.39 is 0 Å². The van der Waals surface area contributed by atoms with Crippen LogP contribution in [0.4, 0.5) is 5.69 Å². The number of rotatable bonds is 5. The van der Waals surface area contributed by atoms with Crippen molar-refractivity contribution in [2.45, 2.75) is 34.1 Å². The van der Waals surface area contributed by atoms with Gasteiger partial charge in [-0.05, 0) is 56.5 Å². The molecule has 0 aromatic carbocycles. The van der Waals surface area contributed by atoms with Crippen LogP contribution in [0.15, 0.2) is 41.2 Å². The number of nitrogens with one attached hydrogen (secondary N) is 1. The zero-order chi connectivity index (χ0) is 14.4. The van der Waals surface area contributed by atoms with E-state index in [1.54, 1.807) is 6.08 Å². The highest BCUT2D eigenvalue weighted by atomic mass is 35.5. The molecule has 1 heterocycles. The van der Waals surface area contributed by atoms with Crippen LogP contribution in [0.25, 0.3) is 6.08 Å². The first-order chi connectivity index (χ1) is 8.97. The summed E-state index contributed by atoms with van der Waals surface area (Å²) in [5, 5.41) is 4.22. The van der Waals surface area contributed by atoms with Gasteiger partial charge < -0.3 is 5.32 Å². The predicted molar refractivity (Wildman–Crippen MR) is 85.3 cm³/mol. The lowest BCUT2D eigenvalue weighted by Gasteiger charge is -2.11. The maximum absolute atomic E-state index is 6.05. The molecule has 1 rings (SSSR count). The third-order valence-corrected chi connectivity index (χ3v) is 3.12. The van der Waals surface area contributed by atoms with Crippen molar-refractivity contribution in [3.8, 4) is 0 Å². The van der Waals surface area contributed by atoms with Crippen LogP contribution in [0, 0.1) is 6.92 Å². The number of anilines is 1. The van der Waals surface area contributed by atoms with E-state index in [4.69, 9.17) is 11.6 Å². The normalized spacial score (nSPS) is 13.0. The molecule has 0 fully saturated rings. The molecule has 0 amide bonds. The number of halogens is 1. The third kappa shape index (κ3) is 4.56. The van der Waals surface area contributed by atoms with Crippen LogP contribution >= 0.6 is 11.6 Å². The molecular weight excluding hydrogens is 256 g/mol. The van der Waals surface area contributed by atoms with Crippen LogP contribution in [0.1, 0.15) is 38.4 Å². The van der Waals surface area contributed by atoms with Crippen molar-refractivity contribution in [1.29, 1.82) is 0 Å². The molecular formula is C16H21ClN2. The summed E-state index contributed by atoms with van der Waals surface area (Å²) in [5.41, 5.74) is 5.20. The number of hydrogen-bond acceptors (Lipinski definition) is 2. The van der Waals surface area contributed by atoms with Crippen molar-refractivity contribution in [3.05, 3.63) is 52.5 Å². The first kappa shape index (κ1) is 15.5. The van der Waals surface area contributed by atoms with E-state index in [2.05, 4.69) is 29.9 Å². The third-order valence-electron chi connectivity index (χ3n) is 2.88. The Kier molecular flexibility index (Phi) is 5.84. The van der Waals surface area contributed by atoms with Gasteiger partial charge in [-0.3, -0.25) is 4.98 Å². The second-order valence-corrected chi connectivity index (χ2v) is 5.06. The Morgan fingerprint density at radius 2 is 2.16 bits per heavy atom. The van der Waals surface area contributed by atoms with Crippen LogP contribution in [0.3, 0.4) is 0 Å². The number of aryl methyl sites for hydroxylation is 1. The van der Waals surface area contributed by atoms with Crippen LogP contribution < -0.4 is 5.32 Å². The van der Waals surface area contributed by atoms with Crippen molar-refractivity contribution in [3.63, 3.8) is 0 Å². The van der Waals surface area contributed by atoms with Crippen molar-refractivity contribution in [2.24, 2.45) is 0 Å². The zero-order valence-corrected chi connectivity index (χ0v) is 12.8. The molecule has 0 unspecified atom stereocenters. The molecule has 0 radical (unpaired) electrons. The Morgan fingerprint density at radius 1 is 1.47 bits per heavy atom. The molecule has 0 spiro atoms. The topological polar surface area (TPSA) is 24.9 Å². The first-order valence-electron chi connectivity index (χ1n) is 6.37. The van der Waals surface area contributed by atoms with Gasteiger partial charge in [-0.2, -0.15) is 0 Å². The number of allylic oxidation sites excluding steroid dienone is 4. The fraction of sp³-hybridized carbons (Fsp3) is 0.312. The SMILES string of the molecule is C=Cc1cc(N/C(C)=C\C(CC)=C(/C)Cl)c(C)cn1. The quantitative estimate of drug-likeness (QED) is 0.741. The molecule has 0 aliphatic rings. The highest BCUT2D eigenvalue weighted by Crippen LogP contribution is 2.20. The molecule has 1 aromatic rings. The zero-order valence-electron chi connectivity index (χ0n) is 12.0. The molecule has 0 saturated carbocycles. The van der Waals surface area contributed by atoms with Crippen LogP contribution in [-0.4, -0.2) is 4.98 Å². The molecule has 0 aliphatic heterocycles. The molecule has 2 nitrogen and oxygen atoms in total. The fourth-order valence-electron chi connectivity index (χ4n) is 1.74. The first-order valence-corrected chi connectivity index (χ1v) is 6.75. The van der Waals surface area contributed by atoms with Gasteiger partial charge in [-0.15, -0.1) is 0 Å². The minimum atomic E-state index is 0.835. The van der Waals surface area contributed by atoms with Gasteiger partial charge in [0.1, 0.15) is 0 Å². The molecule has 1 aromatic heterocycles. The summed E-state index contributed by atoms with van der Waals surface area (Å²) in [7, 11) is 0. The van der Waals surface area contributed by atoms with Crippen molar-refractivity contribution in [2.75, 3.05) is 5.32 Å². The Labute approximate surface area is 120 Å². The molecule has 102 valence electrons. The van der Waals surface area contributed by atoms with Crippen molar-refractivity contribution < 1.29 is 0 Å². The summed E-state index contributed by atoms with van der Waals surface area (Å²) in [6.45, 7) is 11.8. The Bertz CT molecular complexity index is 524. The smallest absolute Gasteiger partial charge is 0.0644 e. The van der Waals surface area contributed by atoms with E-state index >= 15 is 0 Å². The largest absolute Gasteiger partial charge is 0.359 e. The van der Waals surface area contributed by atoms with E-state index in [-0.39, 0.29) is 0 Å². The summed E-state index contributed by atoms with van der Waals surface area (Å²) < 4.78 is 0. The average Bonchev–Trinajstić information content (AvgIpc) is 2.38. The maximum atomic E-state index is 6.05. The molecule has 0 atom stereocenters. The van der Waals surface area contributed by atoms with Crippen LogP contribution in [0.5, 0.6) is 0 Å². The lowest BCUT2D eigenvalue weighted by Crippen LogP contribution is -2.00. The average molecular weight is 277 g/mol. The number of pyridine rings is 1. The monoisotopic (exact) mass is 276 g/mol. The summed E-state index contributed by atoms with van der Waals surface area (Å²) in [6, 6.07) is 1.99. The highest BCUT2D eigenvalue weighted by molar-refractivity contribution is 6.29. The molecule has 1 N–H and O–H groups in total. The Hall–Kier alpha value is -1.54. The van der Waals surface area contributed by atoms with Gasteiger partial charge in [-0.25, -0.2) is 0 Å². The minimum Gasteiger partial charge on any atom is -0.359 e. The van der Waals surface area contributed by atoms with E-state index in [9.17, 15) is 0 Å².